The van der Waals surface area contributed by atoms with E-state index in [1.807, 2.05) is 0 Å². The van der Waals surface area contributed by atoms with Gasteiger partial charge >= 0.3 is 12.1 Å². The molecule has 1 aliphatic heterocycles. The van der Waals surface area contributed by atoms with Crippen LogP contribution in [0.15, 0.2) is 71.8 Å². The van der Waals surface area contributed by atoms with E-state index in [2.05, 4.69) is 5.32 Å². The number of ketones is 1. The first kappa shape index (κ1) is 44.5. The summed E-state index contributed by atoms with van der Waals surface area (Å²) in [5, 5.41) is 50.3. The quantitative estimate of drug-likeness (QED) is 0.201. The fourth-order valence-corrected chi connectivity index (χ4v) is 8.73. The number of hydrogen-bond acceptors (Lipinski definition) is 12. The Hall–Kier alpha value is -1.26. The summed E-state index contributed by atoms with van der Waals surface area (Å²) >= 11 is 0. The zero-order valence-corrected chi connectivity index (χ0v) is 39.8. The van der Waals surface area contributed by atoms with E-state index in [9.17, 15) is 39.6 Å². The van der Waals surface area contributed by atoms with Gasteiger partial charge in [-0.1, -0.05) is 62.4 Å². The molecule has 2 radical (unpaired) electrons. The van der Waals surface area contributed by atoms with Crippen molar-refractivity contribution < 1.29 is 147 Å². The van der Waals surface area contributed by atoms with Crippen molar-refractivity contribution in [3.8, 4) is 0 Å². The summed E-state index contributed by atoms with van der Waals surface area (Å²) in [6.07, 6.45) is -8.60. The first-order valence-corrected chi connectivity index (χ1v) is 17.0. The van der Waals surface area contributed by atoms with Gasteiger partial charge in [-0.05, 0) is 49.1 Å². The molecule has 2 saturated carbocycles. The molecular formula is C38H45Ac2NO12. The molecule has 0 aromatic heterocycles. The number of rotatable bonds is 7. The molecule has 2 aromatic rings. The molecule has 13 nitrogen and oxygen atoms in total. The third kappa shape index (κ3) is 7.62. The van der Waals surface area contributed by atoms with Crippen LogP contribution in [0.5, 0.6) is 0 Å². The zero-order valence-electron chi connectivity index (χ0n) is 30.4. The van der Waals surface area contributed by atoms with E-state index in [1.54, 1.807) is 81.4 Å². The van der Waals surface area contributed by atoms with Gasteiger partial charge in [0.25, 0.3) is 5.91 Å². The van der Waals surface area contributed by atoms with Crippen molar-refractivity contribution in [2.45, 2.75) is 94.7 Å². The molecule has 53 heavy (non-hydrogen) atoms. The molecule has 1 heterocycles. The minimum atomic E-state index is -1.83. The van der Waals surface area contributed by atoms with Gasteiger partial charge in [-0.2, -0.15) is 0 Å². The molecule has 3 fully saturated rings. The van der Waals surface area contributed by atoms with Crippen molar-refractivity contribution in [2.24, 2.45) is 16.7 Å². The number of carbonyl (C=O) groups excluding carboxylic acids is 4. The molecule has 5 N–H and O–H groups in total. The van der Waals surface area contributed by atoms with Crippen molar-refractivity contribution in [1.82, 2.24) is 5.32 Å². The molecule has 2 aromatic carbocycles. The molecule has 4 aliphatic rings. The minimum Gasteiger partial charge on any atom is -0.455 e. The zero-order chi connectivity index (χ0) is 37.1. The number of amides is 1. The number of hydrogen-bond donors (Lipinski definition) is 5. The van der Waals surface area contributed by atoms with Crippen molar-refractivity contribution in [3.63, 3.8) is 0 Å². The second kappa shape index (κ2) is 16.7. The van der Waals surface area contributed by atoms with Crippen LogP contribution in [0.4, 0.5) is 4.79 Å². The molecule has 0 spiro atoms. The first-order valence-electron chi connectivity index (χ1n) is 17.0. The monoisotopic (exact) mass is 1160 g/mol. The summed E-state index contributed by atoms with van der Waals surface area (Å²) in [4.78, 5) is 54.5. The molecular weight excluding hydrogens is 1120 g/mol. The summed E-state index contributed by atoms with van der Waals surface area (Å²) in [5.41, 5.74) is -5.18. The van der Waals surface area contributed by atoms with Crippen molar-refractivity contribution in [1.29, 1.82) is 0 Å². The molecule has 3 aliphatic carbocycles. The Morgan fingerprint density at radius 1 is 0.943 bits per heavy atom. The Balaban J connectivity index is 0.00000314. The van der Waals surface area contributed by atoms with Crippen molar-refractivity contribution in [2.75, 3.05) is 13.7 Å². The van der Waals surface area contributed by atoms with E-state index >= 15 is 0 Å². The second-order valence-electron chi connectivity index (χ2n) is 15.0. The molecule has 1 amide bonds. The number of aliphatic hydroxyl groups is 4. The third-order valence-electron chi connectivity index (χ3n) is 12.1. The SMILES string of the molecule is COC(=O)OC(C(=O)OC1CC2(O)CC3C4(O)COC4CC(O)[C@@]3(C)C(=O)C(O)C(=C1C)C2(C)C)C(NC(=O)c1ccccc1)c1ccccc1.[Ac].[Ac]. The number of methoxy groups -OCH3 is 1. The summed E-state index contributed by atoms with van der Waals surface area (Å²) < 4.78 is 21.8. The van der Waals surface area contributed by atoms with Gasteiger partial charge in [-0.3, -0.25) is 9.59 Å². The van der Waals surface area contributed by atoms with E-state index in [0.717, 1.165) is 7.11 Å². The Kier molecular flexibility index (Phi) is 14.0. The Morgan fingerprint density at radius 3 is 2.11 bits per heavy atom. The number of ether oxygens (including phenoxy) is 4. The van der Waals surface area contributed by atoms with E-state index in [4.69, 9.17) is 18.9 Å². The largest absolute Gasteiger partial charge is 0.508 e. The second-order valence-corrected chi connectivity index (χ2v) is 15.0. The topological polar surface area (TPSA) is 198 Å². The smallest absolute Gasteiger partial charge is 0.455 e. The minimum absolute atomic E-state index is 0. The number of fused-ring (bicyclic) bond motifs is 5. The number of esters is 1. The maximum atomic E-state index is 14.3. The van der Waals surface area contributed by atoms with E-state index in [1.165, 1.54) is 6.92 Å². The fourth-order valence-electron chi connectivity index (χ4n) is 8.73. The van der Waals surface area contributed by atoms with E-state index in [-0.39, 0.29) is 131 Å². The molecule has 2 bridgehead atoms. The Morgan fingerprint density at radius 2 is 1.55 bits per heavy atom. The van der Waals surface area contributed by atoms with Crippen LogP contribution in [0.3, 0.4) is 0 Å². The Labute approximate surface area is 379 Å². The molecule has 15 heteroatoms. The van der Waals surface area contributed by atoms with Crippen LogP contribution < -0.4 is 5.32 Å². The van der Waals surface area contributed by atoms with Crippen molar-refractivity contribution in [3.05, 3.63) is 82.9 Å². The molecule has 10 atom stereocenters. The van der Waals surface area contributed by atoms with Crippen LogP contribution in [0.25, 0.3) is 0 Å². The van der Waals surface area contributed by atoms with Gasteiger partial charge in [0.15, 0.2) is 5.78 Å². The van der Waals surface area contributed by atoms with Crippen LogP contribution in [-0.2, 0) is 28.5 Å². The van der Waals surface area contributed by atoms with E-state index in [0.29, 0.717) is 5.56 Å². The van der Waals surface area contributed by atoms with Crippen LogP contribution in [-0.4, -0.2) is 99.7 Å². The van der Waals surface area contributed by atoms with Gasteiger partial charge in [0, 0.05) is 118 Å². The number of Topliss-reactive ketones (excluding diaryl/α,β-unsaturated/α-hetero) is 1. The molecule has 6 rings (SSSR count). The van der Waals surface area contributed by atoms with Crippen LogP contribution in [0.1, 0.15) is 68.9 Å². The normalized spacial score (nSPS) is 33.7. The van der Waals surface area contributed by atoms with Crippen LogP contribution >= 0.6 is 0 Å². The van der Waals surface area contributed by atoms with E-state index < -0.39 is 88.3 Å². The number of nitrogens with one attached hydrogen (secondary N) is 1. The number of benzene rings is 2. The fraction of sp³-hybridized carbons (Fsp3) is 0.526. The predicted molar refractivity (Wildman–Crippen MR) is 179 cm³/mol. The first-order chi connectivity index (χ1) is 24.0. The van der Waals surface area contributed by atoms with Gasteiger partial charge in [-0.25, -0.2) is 9.59 Å². The number of carbonyl (C=O) groups is 4. The molecule has 9 unspecified atom stereocenters. The van der Waals surface area contributed by atoms with Gasteiger partial charge in [0.05, 0.1) is 36.9 Å². The van der Waals surface area contributed by atoms with Crippen molar-refractivity contribution >= 4 is 23.8 Å². The van der Waals surface area contributed by atoms with Gasteiger partial charge in [0.1, 0.15) is 23.9 Å². The average Bonchev–Trinajstić information content (AvgIpc) is 3.11. The maximum Gasteiger partial charge on any atom is 0.508 e. The van der Waals surface area contributed by atoms with Crippen LogP contribution in [0, 0.1) is 105 Å². The Bertz CT molecular complexity index is 1740. The summed E-state index contributed by atoms with van der Waals surface area (Å²) in [7, 11) is 1.06. The summed E-state index contributed by atoms with van der Waals surface area (Å²) in [6.45, 7) is 6.32. The maximum absolute atomic E-state index is 14.3. The average molecular weight is 1160 g/mol. The standard InChI is InChI=1S/C38H45NO12.2Ac/c1-20-23(17-37(46)18-24-36(4,25(40)16-26-38(24,47)19-49-26)31(42)29(41)27(20)35(37,2)3)50-33(44)30(51-34(45)48-5)28(21-12-8-6-9-13-21)39-32(43)22-14-10-7-11-15-22;;/h6-15,23-26,28-30,40-41,46-47H,16-19H2,1-5H3,(H,39,43);;/t23?,24?,25?,26?,28?,29?,30?,36-,37?,38?;;/m0../s1. The molecule has 280 valence electrons. The number of aliphatic hydroxyl groups excluding tert-OH is 2. The summed E-state index contributed by atoms with van der Waals surface area (Å²) in [6, 6.07) is 15.3. The van der Waals surface area contributed by atoms with Crippen LogP contribution in [0.2, 0.25) is 0 Å². The molecule has 1 saturated heterocycles. The summed E-state index contributed by atoms with van der Waals surface area (Å²) in [5.74, 6) is -3.42. The third-order valence-corrected chi connectivity index (χ3v) is 12.1. The van der Waals surface area contributed by atoms with Gasteiger partial charge < -0.3 is 44.7 Å². The predicted octanol–water partition coefficient (Wildman–Crippen LogP) is 2.55. The van der Waals surface area contributed by atoms with Gasteiger partial charge in [0.2, 0.25) is 6.10 Å². The van der Waals surface area contributed by atoms with Gasteiger partial charge in [-0.15, -0.1) is 0 Å².